The third-order valence-electron chi connectivity index (χ3n) is 3.98. The van der Waals surface area contributed by atoms with Crippen molar-refractivity contribution in [1.29, 1.82) is 0 Å². The Bertz CT molecular complexity index is 884. The van der Waals surface area contributed by atoms with E-state index in [1.54, 1.807) is 13.8 Å². The molecule has 1 aliphatic heterocycles. The van der Waals surface area contributed by atoms with Gasteiger partial charge in [0.2, 0.25) is 0 Å². The van der Waals surface area contributed by atoms with Crippen LogP contribution in [-0.2, 0) is 17.9 Å². The zero-order valence-corrected chi connectivity index (χ0v) is 14.1. The molecule has 2 aromatic rings. The van der Waals surface area contributed by atoms with Gasteiger partial charge in [0.1, 0.15) is 11.2 Å². The minimum absolute atomic E-state index is 0.0165. The zero-order valence-electron chi connectivity index (χ0n) is 14.1. The Morgan fingerprint density at radius 2 is 2.00 bits per heavy atom. The molecule has 1 aliphatic rings. The van der Waals surface area contributed by atoms with Crippen LogP contribution < -0.4 is 10.9 Å². The van der Waals surface area contributed by atoms with Crippen LogP contribution in [0.1, 0.15) is 33.0 Å². The molecule has 10 heteroatoms. The van der Waals surface area contributed by atoms with Crippen molar-refractivity contribution in [2.45, 2.75) is 45.8 Å². The van der Waals surface area contributed by atoms with E-state index in [2.05, 4.69) is 20.6 Å². The van der Waals surface area contributed by atoms with Crippen molar-refractivity contribution in [3.8, 4) is 11.6 Å². The first kappa shape index (κ1) is 16.8. The van der Waals surface area contributed by atoms with Crippen LogP contribution in [0.2, 0.25) is 0 Å². The Balaban J connectivity index is 1.84. The monoisotopic (exact) mass is 346 g/mol. The molecule has 132 valence electrons. The number of nitrogens with one attached hydrogen (secondary N) is 1. The molecule has 0 radical (unpaired) electrons. The molecule has 0 bridgehead atoms. The van der Waals surface area contributed by atoms with Gasteiger partial charge in [-0.25, -0.2) is 9.48 Å². The average Bonchev–Trinajstić information content (AvgIpc) is 3.09. The highest BCUT2D eigenvalue weighted by Crippen LogP contribution is 2.23. The van der Waals surface area contributed by atoms with Crippen molar-refractivity contribution in [3.63, 3.8) is 0 Å². The molecule has 1 fully saturated rings. The summed E-state index contributed by atoms with van der Waals surface area (Å²) < 4.78 is 6.51. The van der Waals surface area contributed by atoms with E-state index in [-0.39, 0.29) is 29.7 Å². The molecule has 0 saturated carbocycles. The first-order valence-corrected chi connectivity index (χ1v) is 7.87. The summed E-state index contributed by atoms with van der Waals surface area (Å²) >= 11 is 0. The summed E-state index contributed by atoms with van der Waals surface area (Å²) in [6.07, 6.45) is 0.763. The van der Waals surface area contributed by atoms with Crippen LogP contribution >= 0.6 is 0 Å². The number of hydrogen-bond acceptors (Lipinski definition) is 7. The fourth-order valence-corrected chi connectivity index (χ4v) is 2.46. The van der Waals surface area contributed by atoms with Gasteiger partial charge in [0.25, 0.3) is 17.4 Å². The van der Waals surface area contributed by atoms with Crippen molar-refractivity contribution >= 4 is 11.9 Å². The fourth-order valence-electron chi connectivity index (χ4n) is 2.46. The second kappa shape index (κ2) is 6.11. The lowest BCUT2D eigenvalue weighted by Gasteiger charge is -2.26. The van der Waals surface area contributed by atoms with Gasteiger partial charge in [-0.3, -0.25) is 14.9 Å². The lowest BCUT2D eigenvalue weighted by molar-refractivity contribution is -0.125. The van der Waals surface area contributed by atoms with Gasteiger partial charge in [0.15, 0.2) is 5.82 Å². The second-order valence-corrected chi connectivity index (χ2v) is 6.20. The van der Waals surface area contributed by atoms with Crippen LogP contribution in [0.3, 0.4) is 0 Å². The molecule has 0 atom stereocenters. The van der Waals surface area contributed by atoms with Crippen molar-refractivity contribution in [2.24, 2.45) is 0 Å². The highest BCUT2D eigenvalue weighted by molar-refractivity contribution is 6.06. The number of aryl methyl sites for hydroxylation is 1. The molecule has 0 aromatic carbocycles. The summed E-state index contributed by atoms with van der Waals surface area (Å²) in [4.78, 5) is 40.9. The van der Waals surface area contributed by atoms with E-state index >= 15 is 0 Å². The minimum atomic E-state index is -0.996. The molecule has 10 nitrogen and oxygen atoms in total. The van der Waals surface area contributed by atoms with E-state index in [1.807, 2.05) is 6.92 Å². The molecule has 0 spiro atoms. The Labute approximate surface area is 142 Å². The third kappa shape index (κ3) is 3.02. The number of nitrogens with zero attached hydrogens (tertiary/aromatic N) is 5. The minimum Gasteiger partial charge on any atom is -0.332 e. The maximum atomic E-state index is 11.9. The Hall–Kier alpha value is -3.04. The lowest BCUT2D eigenvalue weighted by atomic mass is 10.0. The molecule has 3 heterocycles. The Morgan fingerprint density at radius 1 is 1.24 bits per heavy atom. The molecular weight excluding hydrogens is 328 g/mol. The van der Waals surface area contributed by atoms with Gasteiger partial charge in [0.05, 0.1) is 6.54 Å². The number of carbonyl (C=O) groups is 2. The second-order valence-electron chi connectivity index (χ2n) is 6.20. The zero-order chi connectivity index (χ0) is 18.2. The van der Waals surface area contributed by atoms with Gasteiger partial charge < -0.3 is 9.42 Å². The lowest BCUT2D eigenvalue weighted by Crippen LogP contribution is -2.43. The van der Waals surface area contributed by atoms with Gasteiger partial charge in [-0.2, -0.15) is 10.1 Å². The molecule has 2 aromatic heterocycles. The summed E-state index contributed by atoms with van der Waals surface area (Å²) in [6.45, 7) is 5.71. The SMILES string of the molecule is CCCn1nc(-c2nc(CN3C(=O)NC(=O)C3(C)C)no2)ccc1=O. The number of carbonyl (C=O) groups excluding carboxylic acids is 2. The number of imide groups is 1. The van der Waals surface area contributed by atoms with Gasteiger partial charge in [-0.05, 0) is 26.3 Å². The van der Waals surface area contributed by atoms with Gasteiger partial charge in [0, 0.05) is 12.6 Å². The average molecular weight is 346 g/mol. The summed E-state index contributed by atoms with van der Waals surface area (Å²) in [7, 11) is 0. The van der Waals surface area contributed by atoms with E-state index < -0.39 is 11.6 Å². The number of hydrogen-bond donors (Lipinski definition) is 1. The number of amides is 3. The smallest absolute Gasteiger partial charge is 0.325 e. The molecule has 3 rings (SSSR count). The first-order valence-electron chi connectivity index (χ1n) is 7.87. The molecular formula is C15H18N6O4. The van der Waals surface area contributed by atoms with Crippen LogP contribution in [0.15, 0.2) is 21.5 Å². The van der Waals surface area contributed by atoms with Crippen molar-refractivity contribution in [1.82, 2.24) is 30.1 Å². The molecule has 0 aliphatic carbocycles. The maximum Gasteiger partial charge on any atom is 0.325 e. The fraction of sp³-hybridized carbons (Fsp3) is 0.467. The van der Waals surface area contributed by atoms with Gasteiger partial charge in [-0.15, -0.1) is 0 Å². The molecule has 0 unspecified atom stereocenters. The number of urea groups is 1. The summed E-state index contributed by atoms with van der Waals surface area (Å²) in [5.74, 6) is 0.00100. The highest BCUT2D eigenvalue weighted by atomic mass is 16.5. The summed E-state index contributed by atoms with van der Waals surface area (Å²) in [5.41, 5.74) is -0.836. The van der Waals surface area contributed by atoms with E-state index in [9.17, 15) is 14.4 Å². The van der Waals surface area contributed by atoms with Crippen molar-refractivity contribution in [3.05, 3.63) is 28.3 Å². The van der Waals surface area contributed by atoms with E-state index in [0.717, 1.165) is 6.42 Å². The first-order chi connectivity index (χ1) is 11.8. The van der Waals surface area contributed by atoms with E-state index in [0.29, 0.717) is 12.2 Å². The number of aromatic nitrogens is 4. The predicted octanol–water partition coefficient (Wildman–Crippen LogP) is 0.534. The molecule has 25 heavy (non-hydrogen) atoms. The van der Waals surface area contributed by atoms with E-state index in [1.165, 1.54) is 21.7 Å². The van der Waals surface area contributed by atoms with Crippen LogP contribution in [-0.4, -0.2) is 42.3 Å². The normalized spacial score (nSPS) is 16.4. The summed E-state index contributed by atoms with van der Waals surface area (Å²) in [6, 6.07) is 2.38. The van der Waals surface area contributed by atoms with Crippen molar-refractivity contribution in [2.75, 3.05) is 0 Å². The van der Waals surface area contributed by atoms with Gasteiger partial charge in [-0.1, -0.05) is 12.1 Å². The number of rotatable bonds is 5. The molecule has 1 saturated heterocycles. The standard InChI is InChI=1S/C15H18N6O4/c1-4-7-21-11(22)6-5-9(18-21)12-16-10(19-25-12)8-20-14(24)17-13(23)15(20,2)3/h5-6H,4,7-8H2,1-3H3,(H,17,23,24). The van der Waals surface area contributed by atoms with Crippen LogP contribution in [0.5, 0.6) is 0 Å². The largest absolute Gasteiger partial charge is 0.332 e. The van der Waals surface area contributed by atoms with E-state index in [4.69, 9.17) is 4.52 Å². The van der Waals surface area contributed by atoms with Crippen LogP contribution in [0, 0.1) is 0 Å². The third-order valence-corrected chi connectivity index (χ3v) is 3.98. The van der Waals surface area contributed by atoms with Gasteiger partial charge >= 0.3 is 6.03 Å². The highest BCUT2D eigenvalue weighted by Gasteiger charge is 2.45. The summed E-state index contributed by atoms with van der Waals surface area (Å²) in [5, 5.41) is 10.3. The van der Waals surface area contributed by atoms with Crippen LogP contribution in [0.25, 0.3) is 11.6 Å². The topological polar surface area (TPSA) is 123 Å². The molecule has 1 N–H and O–H groups in total. The molecule has 3 amide bonds. The Kier molecular flexibility index (Phi) is 4.11. The quantitative estimate of drug-likeness (QED) is 0.783. The van der Waals surface area contributed by atoms with Crippen LogP contribution in [0.4, 0.5) is 4.79 Å². The van der Waals surface area contributed by atoms with Crippen molar-refractivity contribution < 1.29 is 14.1 Å². The Morgan fingerprint density at radius 3 is 2.64 bits per heavy atom. The predicted molar refractivity (Wildman–Crippen MR) is 85.2 cm³/mol. The maximum absolute atomic E-state index is 11.9.